The number of nitrogens with one attached hydrogen (secondary N) is 2. The molecule has 1 amide bonds. The van der Waals surface area contributed by atoms with Crippen molar-refractivity contribution in [2.24, 2.45) is 0 Å². The lowest BCUT2D eigenvalue weighted by molar-refractivity contribution is -0.114. The molecule has 0 radical (unpaired) electrons. The van der Waals surface area contributed by atoms with Gasteiger partial charge in [-0.1, -0.05) is 40.2 Å². The minimum absolute atomic E-state index is 0.0723. The lowest BCUT2D eigenvalue weighted by atomic mass is 10.3. The topological polar surface area (TPSA) is 41.1 Å². The minimum Gasteiger partial charge on any atom is -0.376 e. The third-order valence-corrected chi connectivity index (χ3v) is 2.83. The fourth-order valence-corrected chi connectivity index (χ4v) is 1.91. The van der Waals surface area contributed by atoms with Crippen molar-refractivity contribution in [3.63, 3.8) is 0 Å². The molecular weight excluding hydrogens is 292 g/mol. The van der Waals surface area contributed by atoms with Gasteiger partial charge in [-0.2, -0.15) is 0 Å². The first kappa shape index (κ1) is 12.6. The normalized spacial score (nSPS) is 9.83. The standard InChI is InChI=1S/C14H13BrN2O/c15-11-5-4-8-13(9-11)17-14(18)10-16-12-6-2-1-3-7-12/h1-9,16H,10H2,(H,17,18). The molecule has 2 N–H and O–H groups in total. The van der Waals surface area contributed by atoms with Crippen molar-refractivity contribution in [1.29, 1.82) is 0 Å². The SMILES string of the molecule is O=C(CNc1ccccc1)Nc1cccc(Br)c1. The molecule has 4 heteroatoms. The average Bonchev–Trinajstić information content (AvgIpc) is 2.38. The Hall–Kier alpha value is -1.81. The van der Waals surface area contributed by atoms with Gasteiger partial charge in [0.25, 0.3) is 0 Å². The molecule has 2 aromatic carbocycles. The summed E-state index contributed by atoms with van der Waals surface area (Å²) in [7, 11) is 0. The van der Waals surface area contributed by atoms with E-state index in [9.17, 15) is 4.79 Å². The van der Waals surface area contributed by atoms with Gasteiger partial charge in [0.05, 0.1) is 6.54 Å². The van der Waals surface area contributed by atoms with Gasteiger partial charge in [0.2, 0.25) is 5.91 Å². The molecule has 0 unspecified atom stereocenters. The van der Waals surface area contributed by atoms with Gasteiger partial charge in [-0.05, 0) is 30.3 Å². The summed E-state index contributed by atoms with van der Waals surface area (Å²) in [6, 6.07) is 17.1. The summed E-state index contributed by atoms with van der Waals surface area (Å²) in [6.07, 6.45) is 0. The van der Waals surface area contributed by atoms with E-state index in [1.807, 2.05) is 54.6 Å². The number of halogens is 1. The third kappa shape index (κ3) is 3.89. The quantitative estimate of drug-likeness (QED) is 0.907. The van der Waals surface area contributed by atoms with Gasteiger partial charge in [0.1, 0.15) is 0 Å². The molecule has 0 bridgehead atoms. The van der Waals surface area contributed by atoms with Gasteiger partial charge in [-0.25, -0.2) is 0 Å². The highest BCUT2D eigenvalue weighted by Crippen LogP contribution is 2.15. The van der Waals surface area contributed by atoms with Gasteiger partial charge >= 0.3 is 0 Å². The molecule has 0 atom stereocenters. The molecule has 0 aliphatic heterocycles. The predicted molar refractivity (Wildman–Crippen MR) is 77.7 cm³/mol. The van der Waals surface area contributed by atoms with Crippen LogP contribution in [0.15, 0.2) is 59.1 Å². The van der Waals surface area contributed by atoms with Crippen LogP contribution in [0.2, 0.25) is 0 Å². The maximum Gasteiger partial charge on any atom is 0.243 e. The number of anilines is 2. The van der Waals surface area contributed by atoms with E-state index in [0.29, 0.717) is 0 Å². The number of benzene rings is 2. The Labute approximate surface area is 114 Å². The zero-order chi connectivity index (χ0) is 12.8. The smallest absolute Gasteiger partial charge is 0.243 e. The van der Waals surface area contributed by atoms with Crippen LogP contribution < -0.4 is 10.6 Å². The maximum absolute atomic E-state index is 11.7. The second-order valence-corrected chi connectivity index (χ2v) is 4.69. The number of rotatable bonds is 4. The lowest BCUT2D eigenvalue weighted by Crippen LogP contribution is -2.21. The van der Waals surface area contributed by atoms with Crippen molar-refractivity contribution in [3.05, 3.63) is 59.1 Å². The third-order valence-electron chi connectivity index (χ3n) is 2.34. The van der Waals surface area contributed by atoms with Crippen LogP contribution in [0.3, 0.4) is 0 Å². The zero-order valence-electron chi connectivity index (χ0n) is 9.69. The molecule has 0 saturated heterocycles. The first-order valence-electron chi connectivity index (χ1n) is 5.58. The number of para-hydroxylation sites is 1. The van der Waals surface area contributed by atoms with Crippen molar-refractivity contribution in [2.45, 2.75) is 0 Å². The molecule has 18 heavy (non-hydrogen) atoms. The summed E-state index contributed by atoms with van der Waals surface area (Å²) >= 11 is 3.36. The van der Waals surface area contributed by atoms with E-state index in [2.05, 4.69) is 26.6 Å². The van der Waals surface area contributed by atoms with E-state index in [0.717, 1.165) is 15.8 Å². The Morgan fingerprint density at radius 1 is 1.00 bits per heavy atom. The van der Waals surface area contributed by atoms with Gasteiger partial charge in [-0.15, -0.1) is 0 Å². The summed E-state index contributed by atoms with van der Waals surface area (Å²) in [5.41, 5.74) is 1.71. The molecule has 0 fully saturated rings. The summed E-state index contributed by atoms with van der Waals surface area (Å²) in [6.45, 7) is 0.247. The molecule has 0 heterocycles. The van der Waals surface area contributed by atoms with Crippen LogP contribution in [-0.2, 0) is 4.79 Å². The second-order valence-electron chi connectivity index (χ2n) is 3.78. The Morgan fingerprint density at radius 3 is 2.44 bits per heavy atom. The Morgan fingerprint density at radius 2 is 1.72 bits per heavy atom. The number of hydrogen-bond donors (Lipinski definition) is 2. The van der Waals surface area contributed by atoms with Gasteiger partial charge in [0.15, 0.2) is 0 Å². The van der Waals surface area contributed by atoms with Crippen LogP contribution in [0, 0.1) is 0 Å². The van der Waals surface area contributed by atoms with Crippen molar-refractivity contribution < 1.29 is 4.79 Å². The van der Waals surface area contributed by atoms with Crippen LogP contribution >= 0.6 is 15.9 Å². The molecular formula is C14H13BrN2O. The van der Waals surface area contributed by atoms with Gasteiger partial charge < -0.3 is 10.6 Å². The number of hydrogen-bond acceptors (Lipinski definition) is 2. The molecule has 92 valence electrons. The van der Waals surface area contributed by atoms with Gasteiger partial charge in [0, 0.05) is 15.8 Å². The first-order valence-corrected chi connectivity index (χ1v) is 6.38. The Bertz CT molecular complexity index is 528. The van der Waals surface area contributed by atoms with E-state index in [4.69, 9.17) is 0 Å². The summed E-state index contributed by atoms with van der Waals surface area (Å²) < 4.78 is 0.941. The Kier molecular flexibility index (Phi) is 4.36. The highest BCUT2D eigenvalue weighted by Gasteiger charge is 2.02. The Balaban J connectivity index is 1.86. The van der Waals surface area contributed by atoms with Crippen molar-refractivity contribution in [3.8, 4) is 0 Å². The van der Waals surface area contributed by atoms with E-state index in [1.54, 1.807) is 0 Å². The van der Waals surface area contributed by atoms with E-state index < -0.39 is 0 Å². The van der Waals surface area contributed by atoms with E-state index in [-0.39, 0.29) is 12.5 Å². The number of carbonyl (C=O) groups excluding carboxylic acids is 1. The lowest BCUT2D eigenvalue weighted by Gasteiger charge is -2.07. The van der Waals surface area contributed by atoms with Crippen molar-refractivity contribution in [2.75, 3.05) is 17.2 Å². The number of amides is 1. The first-order chi connectivity index (χ1) is 8.74. The summed E-state index contributed by atoms with van der Waals surface area (Å²) in [5, 5.41) is 5.88. The average molecular weight is 305 g/mol. The zero-order valence-corrected chi connectivity index (χ0v) is 11.3. The monoisotopic (exact) mass is 304 g/mol. The fourth-order valence-electron chi connectivity index (χ4n) is 1.51. The van der Waals surface area contributed by atoms with Crippen LogP contribution in [0.5, 0.6) is 0 Å². The van der Waals surface area contributed by atoms with Crippen molar-refractivity contribution >= 4 is 33.2 Å². The molecule has 0 aromatic heterocycles. The molecule has 2 rings (SSSR count). The van der Waals surface area contributed by atoms with Crippen LogP contribution in [0.1, 0.15) is 0 Å². The highest BCUT2D eigenvalue weighted by molar-refractivity contribution is 9.10. The molecule has 0 aliphatic rings. The molecule has 0 spiro atoms. The summed E-state index contributed by atoms with van der Waals surface area (Å²) in [4.78, 5) is 11.7. The molecule has 0 saturated carbocycles. The molecule has 2 aromatic rings. The molecule has 0 aliphatic carbocycles. The van der Waals surface area contributed by atoms with Crippen LogP contribution in [0.25, 0.3) is 0 Å². The second kappa shape index (κ2) is 6.21. The van der Waals surface area contributed by atoms with Crippen LogP contribution in [0.4, 0.5) is 11.4 Å². The summed E-state index contributed by atoms with van der Waals surface area (Å²) in [5.74, 6) is -0.0723. The predicted octanol–water partition coefficient (Wildman–Crippen LogP) is 3.50. The van der Waals surface area contributed by atoms with Crippen LogP contribution in [-0.4, -0.2) is 12.5 Å². The number of carbonyl (C=O) groups is 1. The minimum atomic E-state index is -0.0723. The maximum atomic E-state index is 11.7. The van der Waals surface area contributed by atoms with E-state index >= 15 is 0 Å². The van der Waals surface area contributed by atoms with Gasteiger partial charge in [-0.3, -0.25) is 4.79 Å². The van der Waals surface area contributed by atoms with E-state index in [1.165, 1.54) is 0 Å². The largest absolute Gasteiger partial charge is 0.376 e. The van der Waals surface area contributed by atoms with Crippen molar-refractivity contribution in [1.82, 2.24) is 0 Å². The molecule has 3 nitrogen and oxygen atoms in total. The fraction of sp³-hybridized carbons (Fsp3) is 0.0714. The highest BCUT2D eigenvalue weighted by atomic mass is 79.9.